The van der Waals surface area contributed by atoms with E-state index in [1.807, 2.05) is 26.8 Å². The molecule has 2 rings (SSSR count). The van der Waals surface area contributed by atoms with Crippen molar-refractivity contribution in [1.29, 1.82) is 0 Å². The molecule has 3 nitrogen and oxygen atoms in total. The molecular weight excluding hydrogens is 234 g/mol. The van der Waals surface area contributed by atoms with Crippen LogP contribution in [-0.4, -0.2) is 17.6 Å². The van der Waals surface area contributed by atoms with Crippen LogP contribution < -0.4 is 5.32 Å². The maximum Gasteiger partial charge on any atom is 0.323 e. The van der Waals surface area contributed by atoms with Crippen molar-refractivity contribution >= 4 is 17.3 Å². The van der Waals surface area contributed by atoms with Crippen molar-refractivity contribution in [2.24, 2.45) is 0 Å². The summed E-state index contributed by atoms with van der Waals surface area (Å²) >= 11 is 1.73. The van der Waals surface area contributed by atoms with Crippen molar-refractivity contribution in [3.63, 3.8) is 0 Å². The second-order valence-corrected chi connectivity index (χ2v) is 6.38. The molecule has 94 valence electrons. The van der Waals surface area contributed by atoms with E-state index in [4.69, 9.17) is 4.74 Å². The fraction of sp³-hybridized carbons (Fsp3) is 0.615. The molecule has 0 spiro atoms. The third-order valence-electron chi connectivity index (χ3n) is 2.72. The summed E-state index contributed by atoms with van der Waals surface area (Å²) in [5, 5.41) is 5.42. The van der Waals surface area contributed by atoms with Gasteiger partial charge in [0.15, 0.2) is 0 Å². The van der Waals surface area contributed by atoms with Crippen molar-refractivity contribution in [1.82, 2.24) is 5.32 Å². The number of ether oxygens (including phenoxy) is 1. The first-order valence-corrected chi connectivity index (χ1v) is 6.86. The predicted molar refractivity (Wildman–Crippen MR) is 69.1 cm³/mol. The van der Waals surface area contributed by atoms with Gasteiger partial charge >= 0.3 is 5.97 Å². The summed E-state index contributed by atoms with van der Waals surface area (Å²) in [4.78, 5) is 13.2. The lowest BCUT2D eigenvalue weighted by atomic mass is 10.1. The quantitative estimate of drug-likeness (QED) is 0.824. The number of rotatable bonds is 2. The van der Waals surface area contributed by atoms with Crippen LogP contribution in [0.1, 0.15) is 44.5 Å². The molecule has 4 heteroatoms. The number of carbonyl (C=O) groups excluding carboxylic acids is 1. The van der Waals surface area contributed by atoms with Gasteiger partial charge in [-0.1, -0.05) is 6.07 Å². The molecular formula is C13H19NO2S. The number of carbonyl (C=O) groups is 1. The number of hydrogen-bond donors (Lipinski definition) is 1. The molecule has 1 aliphatic heterocycles. The minimum atomic E-state index is -0.403. The zero-order valence-corrected chi connectivity index (χ0v) is 11.3. The average molecular weight is 253 g/mol. The Morgan fingerprint density at radius 3 is 2.82 bits per heavy atom. The van der Waals surface area contributed by atoms with E-state index < -0.39 is 5.60 Å². The number of esters is 1. The zero-order valence-electron chi connectivity index (χ0n) is 10.5. The van der Waals surface area contributed by atoms with Crippen LogP contribution in [0.4, 0.5) is 0 Å². The fourth-order valence-corrected chi connectivity index (χ4v) is 2.84. The Labute approximate surface area is 106 Å². The highest BCUT2D eigenvalue weighted by Gasteiger charge is 2.33. The molecule has 0 amide bonds. The van der Waals surface area contributed by atoms with Gasteiger partial charge in [-0.05, 0) is 45.1 Å². The van der Waals surface area contributed by atoms with Crippen LogP contribution >= 0.6 is 11.3 Å². The van der Waals surface area contributed by atoms with Crippen LogP contribution in [0, 0.1) is 0 Å². The molecule has 1 fully saturated rings. The molecule has 2 heterocycles. The van der Waals surface area contributed by atoms with Crippen LogP contribution in [0.25, 0.3) is 0 Å². The maximum atomic E-state index is 11.9. The first-order chi connectivity index (χ1) is 7.96. The standard InChI is InChI=1S/C13H19NO2S/c1-13(2,3)16-12(15)10-7-6-9(14-10)11-5-4-8-17-11/h4-5,8-10,14H,6-7H2,1-3H3/t9-,10-/m0/s1. The van der Waals surface area contributed by atoms with Crippen molar-refractivity contribution in [2.75, 3.05) is 0 Å². The highest BCUT2D eigenvalue weighted by atomic mass is 32.1. The van der Waals surface area contributed by atoms with Gasteiger partial charge < -0.3 is 4.74 Å². The molecule has 0 unspecified atom stereocenters. The lowest BCUT2D eigenvalue weighted by Crippen LogP contribution is -2.37. The van der Waals surface area contributed by atoms with E-state index in [0.717, 1.165) is 12.8 Å². The van der Waals surface area contributed by atoms with E-state index in [9.17, 15) is 4.79 Å². The number of thiophene rings is 1. The smallest absolute Gasteiger partial charge is 0.323 e. The monoisotopic (exact) mass is 253 g/mol. The summed E-state index contributed by atoms with van der Waals surface area (Å²) in [5.41, 5.74) is -0.403. The summed E-state index contributed by atoms with van der Waals surface area (Å²) in [6.45, 7) is 5.70. The van der Waals surface area contributed by atoms with Crippen LogP contribution in [0.5, 0.6) is 0 Å². The Kier molecular flexibility index (Phi) is 3.54. The normalized spacial score (nSPS) is 24.9. The first kappa shape index (κ1) is 12.6. The maximum absolute atomic E-state index is 11.9. The summed E-state index contributed by atoms with van der Waals surface area (Å²) < 4.78 is 5.39. The summed E-state index contributed by atoms with van der Waals surface area (Å²) in [5.74, 6) is -0.128. The second kappa shape index (κ2) is 4.78. The summed E-state index contributed by atoms with van der Waals surface area (Å²) in [7, 11) is 0. The highest BCUT2D eigenvalue weighted by Crippen LogP contribution is 2.30. The van der Waals surface area contributed by atoms with Gasteiger partial charge in [-0.3, -0.25) is 10.1 Å². The Morgan fingerprint density at radius 2 is 2.24 bits per heavy atom. The van der Waals surface area contributed by atoms with Crippen LogP contribution in [0.2, 0.25) is 0 Å². The number of hydrogen-bond acceptors (Lipinski definition) is 4. The van der Waals surface area contributed by atoms with Crippen molar-refractivity contribution in [3.05, 3.63) is 22.4 Å². The van der Waals surface area contributed by atoms with E-state index in [2.05, 4.69) is 16.8 Å². The van der Waals surface area contributed by atoms with E-state index >= 15 is 0 Å². The van der Waals surface area contributed by atoms with Crippen molar-refractivity contribution in [3.8, 4) is 0 Å². The van der Waals surface area contributed by atoms with Gasteiger partial charge in [0.2, 0.25) is 0 Å². The summed E-state index contributed by atoms with van der Waals surface area (Å²) in [6, 6.07) is 4.32. The average Bonchev–Trinajstić information content (AvgIpc) is 2.86. The molecule has 0 saturated carbocycles. The van der Waals surface area contributed by atoms with Crippen LogP contribution in [0.15, 0.2) is 17.5 Å². The van der Waals surface area contributed by atoms with E-state index in [-0.39, 0.29) is 12.0 Å². The minimum Gasteiger partial charge on any atom is -0.459 e. The third-order valence-corrected chi connectivity index (χ3v) is 3.71. The third kappa shape index (κ3) is 3.30. The Hall–Kier alpha value is -0.870. The molecule has 1 N–H and O–H groups in total. The second-order valence-electron chi connectivity index (χ2n) is 5.40. The lowest BCUT2D eigenvalue weighted by molar-refractivity contribution is -0.157. The molecule has 1 aromatic heterocycles. The zero-order chi connectivity index (χ0) is 12.5. The SMILES string of the molecule is CC(C)(C)OC(=O)[C@@H]1CC[C@@H](c2cccs2)N1. The fourth-order valence-electron chi connectivity index (χ4n) is 2.02. The largest absolute Gasteiger partial charge is 0.459 e. The summed E-state index contributed by atoms with van der Waals surface area (Å²) in [6.07, 6.45) is 1.86. The topological polar surface area (TPSA) is 38.3 Å². The van der Waals surface area contributed by atoms with Gasteiger partial charge in [0, 0.05) is 10.9 Å². The molecule has 17 heavy (non-hydrogen) atoms. The molecule has 0 aliphatic carbocycles. The molecule has 2 atom stereocenters. The van der Waals surface area contributed by atoms with E-state index in [0.29, 0.717) is 6.04 Å². The van der Waals surface area contributed by atoms with Crippen molar-refractivity contribution < 1.29 is 9.53 Å². The van der Waals surface area contributed by atoms with Gasteiger partial charge in [0.05, 0.1) is 0 Å². The molecule has 0 aromatic carbocycles. The molecule has 0 radical (unpaired) electrons. The van der Waals surface area contributed by atoms with Gasteiger partial charge in [-0.25, -0.2) is 0 Å². The predicted octanol–water partition coefficient (Wildman–Crippen LogP) is 2.88. The molecule has 0 bridgehead atoms. The van der Waals surface area contributed by atoms with E-state index in [1.54, 1.807) is 11.3 Å². The first-order valence-electron chi connectivity index (χ1n) is 5.98. The van der Waals surface area contributed by atoms with Gasteiger partial charge in [-0.15, -0.1) is 11.3 Å². The van der Waals surface area contributed by atoms with Crippen LogP contribution in [-0.2, 0) is 9.53 Å². The Balaban J connectivity index is 1.92. The molecule has 1 aromatic rings. The van der Waals surface area contributed by atoms with Gasteiger partial charge in [-0.2, -0.15) is 0 Å². The minimum absolute atomic E-state index is 0.128. The Bertz CT molecular complexity index is 381. The van der Waals surface area contributed by atoms with Gasteiger partial charge in [0.25, 0.3) is 0 Å². The van der Waals surface area contributed by atoms with Crippen LogP contribution in [0.3, 0.4) is 0 Å². The molecule has 1 aliphatic rings. The molecule has 1 saturated heterocycles. The van der Waals surface area contributed by atoms with Crippen molar-refractivity contribution in [2.45, 2.75) is 51.3 Å². The highest BCUT2D eigenvalue weighted by molar-refractivity contribution is 7.10. The Morgan fingerprint density at radius 1 is 1.47 bits per heavy atom. The lowest BCUT2D eigenvalue weighted by Gasteiger charge is -2.22. The van der Waals surface area contributed by atoms with E-state index in [1.165, 1.54) is 4.88 Å². The number of nitrogens with one attached hydrogen (secondary N) is 1. The van der Waals surface area contributed by atoms with Gasteiger partial charge in [0.1, 0.15) is 11.6 Å².